The topological polar surface area (TPSA) is 107 Å². The molecule has 0 aliphatic carbocycles. The van der Waals surface area contributed by atoms with Gasteiger partial charge in [0.25, 0.3) is 10.1 Å². The van der Waals surface area contributed by atoms with Crippen molar-refractivity contribution in [2.45, 2.75) is 18.2 Å². The number of hydrogen-bond donors (Lipinski definition) is 1. The summed E-state index contributed by atoms with van der Waals surface area (Å²) >= 11 is 0. The van der Waals surface area contributed by atoms with E-state index < -0.39 is 27.3 Å². The first kappa shape index (κ1) is 17.9. The first-order valence-corrected chi connectivity index (χ1v) is 6.05. The van der Waals surface area contributed by atoms with E-state index >= 15 is 0 Å². The molecule has 0 unspecified atom stereocenters. The molecule has 1 rings (SSSR count). The van der Waals surface area contributed by atoms with Crippen molar-refractivity contribution >= 4 is 27.5 Å². The third-order valence-electron chi connectivity index (χ3n) is 1.79. The predicted molar refractivity (Wildman–Crippen MR) is 58.6 cm³/mol. The van der Waals surface area contributed by atoms with E-state index in [1.54, 1.807) is 0 Å². The quantitative estimate of drug-likeness (QED) is 0.282. The standard InChI is InChI=1S/C10H11NO5S.K/c1-7(12)6-10(13)11-8-4-2-3-5-9(8)17(14,15)16;/h2-5H,6H2,1H3,(H,11,13)(H,14,15,16);/q;+1/p-1. The zero-order valence-electron chi connectivity index (χ0n) is 9.95. The minimum Gasteiger partial charge on any atom is -0.861 e. The molecule has 8 heteroatoms. The predicted octanol–water partition coefficient (Wildman–Crippen LogP) is -2.69. The smallest absolute Gasteiger partial charge is 0.861 e. The zero-order valence-corrected chi connectivity index (χ0v) is 13.9. The van der Waals surface area contributed by atoms with Crippen LogP contribution in [-0.4, -0.2) is 24.7 Å². The molecular weight excluding hydrogens is 285 g/mol. The average molecular weight is 295 g/mol. The number of benzene rings is 1. The van der Waals surface area contributed by atoms with Crippen LogP contribution in [0.1, 0.15) is 13.3 Å². The Hall–Kier alpha value is -0.0936. The fraction of sp³-hybridized carbons (Fsp3) is 0.200. The van der Waals surface area contributed by atoms with Gasteiger partial charge in [-0.15, -0.1) is 0 Å². The molecule has 0 heterocycles. The molecule has 0 saturated heterocycles. The van der Waals surface area contributed by atoms with E-state index in [0.29, 0.717) is 0 Å². The van der Waals surface area contributed by atoms with E-state index in [9.17, 15) is 18.3 Å². The largest absolute Gasteiger partial charge is 1.00 e. The van der Waals surface area contributed by atoms with Gasteiger partial charge in [-0.25, -0.2) is 0 Å². The minimum atomic E-state index is -4.44. The molecular formula is C10H10KNO5S. The molecule has 0 fully saturated rings. The maximum Gasteiger partial charge on any atom is 1.00 e. The van der Waals surface area contributed by atoms with Crippen molar-refractivity contribution in [3.8, 4) is 0 Å². The monoisotopic (exact) mass is 295 g/mol. The fourth-order valence-corrected chi connectivity index (χ4v) is 1.78. The number of rotatable bonds is 4. The molecule has 0 aromatic heterocycles. The maximum absolute atomic E-state index is 11.2. The van der Waals surface area contributed by atoms with Crippen LogP contribution < -0.4 is 56.5 Å². The molecule has 6 nitrogen and oxygen atoms in total. The van der Waals surface area contributed by atoms with Crippen molar-refractivity contribution in [1.29, 1.82) is 0 Å². The summed E-state index contributed by atoms with van der Waals surface area (Å²) in [6.07, 6.45) is -0.403. The van der Waals surface area contributed by atoms with Crippen LogP contribution in [0, 0.1) is 0 Å². The van der Waals surface area contributed by atoms with Gasteiger partial charge in [0, 0.05) is 6.42 Å². The van der Waals surface area contributed by atoms with Gasteiger partial charge in [-0.3, -0.25) is 14.3 Å². The molecule has 0 bridgehead atoms. The third kappa shape index (κ3) is 5.70. The van der Waals surface area contributed by atoms with Crippen LogP contribution in [0.2, 0.25) is 0 Å². The third-order valence-corrected chi connectivity index (χ3v) is 2.69. The number of ketones is 1. The van der Waals surface area contributed by atoms with Gasteiger partial charge < -0.3 is 5.11 Å². The Morgan fingerprint density at radius 1 is 1.39 bits per heavy atom. The second-order valence-electron chi connectivity index (χ2n) is 3.33. The number of para-hydroxylation sites is 1. The summed E-state index contributed by atoms with van der Waals surface area (Å²) in [5.41, 5.74) is -0.179. The molecule has 0 radical (unpaired) electrons. The summed E-state index contributed by atoms with van der Waals surface area (Å²) < 4.78 is 30.8. The second-order valence-corrected chi connectivity index (χ2v) is 4.72. The maximum atomic E-state index is 11.2. The number of carbonyl (C=O) groups excluding carboxylic acids is 1. The molecule has 0 aliphatic rings. The summed E-state index contributed by atoms with van der Waals surface area (Å²) in [6.45, 7) is 1.22. The molecule has 0 amide bonds. The van der Waals surface area contributed by atoms with Crippen molar-refractivity contribution < 1.29 is 74.3 Å². The van der Waals surface area contributed by atoms with Crippen LogP contribution in [0.3, 0.4) is 0 Å². The van der Waals surface area contributed by atoms with Gasteiger partial charge >= 0.3 is 51.4 Å². The Labute approximate surface area is 147 Å². The van der Waals surface area contributed by atoms with Crippen LogP contribution in [0.25, 0.3) is 0 Å². The number of nitrogens with zero attached hydrogens (tertiary/aromatic N) is 1. The van der Waals surface area contributed by atoms with E-state index in [2.05, 4.69) is 4.99 Å². The molecule has 0 atom stereocenters. The van der Waals surface area contributed by atoms with Crippen LogP contribution in [0.5, 0.6) is 0 Å². The Balaban J connectivity index is 0.00000289. The van der Waals surface area contributed by atoms with Crippen LogP contribution in [-0.2, 0) is 14.9 Å². The van der Waals surface area contributed by atoms with Crippen molar-refractivity contribution in [2.24, 2.45) is 4.99 Å². The van der Waals surface area contributed by atoms with Gasteiger partial charge in [0.15, 0.2) is 0 Å². The van der Waals surface area contributed by atoms with Gasteiger partial charge in [-0.2, -0.15) is 8.42 Å². The molecule has 0 saturated carbocycles. The van der Waals surface area contributed by atoms with Gasteiger partial charge in [0.1, 0.15) is 10.7 Å². The average Bonchev–Trinajstić information content (AvgIpc) is 2.15. The van der Waals surface area contributed by atoms with Crippen molar-refractivity contribution in [1.82, 2.24) is 0 Å². The van der Waals surface area contributed by atoms with E-state index in [0.717, 1.165) is 6.07 Å². The number of hydrogen-bond acceptors (Lipinski definition) is 5. The fourth-order valence-electron chi connectivity index (χ4n) is 1.15. The molecule has 18 heavy (non-hydrogen) atoms. The molecule has 1 aromatic rings. The van der Waals surface area contributed by atoms with E-state index in [4.69, 9.17) is 4.55 Å². The van der Waals surface area contributed by atoms with Crippen molar-refractivity contribution in [2.75, 3.05) is 0 Å². The van der Waals surface area contributed by atoms with Crippen LogP contribution in [0.15, 0.2) is 34.2 Å². The SMILES string of the molecule is CC(=O)CC([O-])=Nc1ccccc1S(=O)(=O)O.[K+]. The molecule has 1 aromatic carbocycles. The Morgan fingerprint density at radius 3 is 2.44 bits per heavy atom. The Kier molecular flexibility index (Phi) is 7.45. The molecule has 1 N–H and O–H groups in total. The number of Topliss-reactive ketones (excluding diaryl/α,β-unsaturated/α-hetero) is 1. The van der Waals surface area contributed by atoms with Gasteiger partial charge in [-0.05, 0) is 25.0 Å². The summed E-state index contributed by atoms with van der Waals surface area (Å²) in [5.74, 6) is -1.13. The minimum absolute atomic E-state index is 0. The molecule has 0 aliphatic heterocycles. The van der Waals surface area contributed by atoms with E-state index in [-0.39, 0.29) is 62.9 Å². The van der Waals surface area contributed by atoms with E-state index in [1.807, 2.05) is 0 Å². The molecule has 92 valence electrons. The van der Waals surface area contributed by atoms with E-state index in [1.165, 1.54) is 25.1 Å². The van der Waals surface area contributed by atoms with Gasteiger partial charge in [0.05, 0.1) is 5.69 Å². The number of aliphatic imine (C=N–C) groups is 1. The first-order valence-electron chi connectivity index (χ1n) is 4.61. The van der Waals surface area contributed by atoms with Crippen molar-refractivity contribution in [3.05, 3.63) is 24.3 Å². The molecule has 0 spiro atoms. The number of carbonyl (C=O) groups is 1. The second kappa shape index (κ2) is 7.48. The zero-order chi connectivity index (χ0) is 13.1. The first-order chi connectivity index (χ1) is 7.80. The summed E-state index contributed by atoms with van der Waals surface area (Å²) in [4.78, 5) is 13.7. The Morgan fingerprint density at radius 2 is 1.94 bits per heavy atom. The van der Waals surface area contributed by atoms with Gasteiger partial charge in [-0.1, -0.05) is 12.1 Å². The van der Waals surface area contributed by atoms with Crippen LogP contribution in [0.4, 0.5) is 5.69 Å². The van der Waals surface area contributed by atoms with Crippen LogP contribution >= 0.6 is 0 Å². The summed E-state index contributed by atoms with van der Waals surface area (Å²) in [5, 5.41) is 11.2. The van der Waals surface area contributed by atoms with Gasteiger partial charge in [0.2, 0.25) is 0 Å². The van der Waals surface area contributed by atoms with Crippen molar-refractivity contribution in [3.63, 3.8) is 0 Å². The summed E-state index contributed by atoms with van der Waals surface area (Å²) in [7, 11) is -4.44. The normalized spacial score (nSPS) is 11.8. The Bertz CT molecular complexity index is 567. The summed E-state index contributed by atoms with van der Waals surface area (Å²) in [6, 6.07) is 5.24.